The third-order valence-corrected chi connectivity index (χ3v) is 2.97. The second kappa shape index (κ2) is 6.08. The first-order valence-electron chi connectivity index (χ1n) is 6.82. The summed E-state index contributed by atoms with van der Waals surface area (Å²) in [6.45, 7) is 12.0. The first kappa shape index (κ1) is 14.1. The van der Waals surface area contributed by atoms with E-state index in [1.807, 2.05) is 0 Å². The molecule has 1 heterocycles. The topological polar surface area (TPSA) is 43.8 Å². The molecule has 0 aliphatic heterocycles. The Kier molecular flexibility index (Phi) is 5.03. The average Bonchev–Trinajstić information content (AvgIpc) is 2.53. The predicted octanol–water partition coefficient (Wildman–Crippen LogP) is 3.59. The lowest BCUT2D eigenvalue weighted by Gasteiger charge is -2.11. The number of imidazole rings is 1. The Hall–Kier alpha value is -0.990. The van der Waals surface area contributed by atoms with Gasteiger partial charge < -0.3 is 10.3 Å². The van der Waals surface area contributed by atoms with E-state index in [0.29, 0.717) is 11.8 Å². The summed E-state index contributed by atoms with van der Waals surface area (Å²) in [6, 6.07) is 0. The Morgan fingerprint density at radius 3 is 2.35 bits per heavy atom. The van der Waals surface area contributed by atoms with Crippen LogP contribution in [-0.4, -0.2) is 9.55 Å². The van der Waals surface area contributed by atoms with Crippen LogP contribution in [0.2, 0.25) is 0 Å². The van der Waals surface area contributed by atoms with Gasteiger partial charge in [0.25, 0.3) is 0 Å². The summed E-state index contributed by atoms with van der Waals surface area (Å²) in [5.74, 6) is 3.07. The monoisotopic (exact) mass is 237 g/mol. The van der Waals surface area contributed by atoms with E-state index < -0.39 is 0 Å². The van der Waals surface area contributed by atoms with Gasteiger partial charge >= 0.3 is 0 Å². The fourth-order valence-electron chi connectivity index (χ4n) is 2.06. The molecule has 0 saturated carbocycles. The Morgan fingerprint density at radius 2 is 1.88 bits per heavy atom. The van der Waals surface area contributed by atoms with Crippen LogP contribution in [0.25, 0.3) is 0 Å². The van der Waals surface area contributed by atoms with Gasteiger partial charge in [0.1, 0.15) is 11.6 Å². The van der Waals surface area contributed by atoms with Crippen molar-refractivity contribution in [2.75, 3.05) is 5.73 Å². The van der Waals surface area contributed by atoms with Gasteiger partial charge in [0.2, 0.25) is 0 Å². The van der Waals surface area contributed by atoms with Crippen LogP contribution in [0.3, 0.4) is 0 Å². The summed E-state index contributed by atoms with van der Waals surface area (Å²) in [5, 5.41) is 0. The van der Waals surface area contributed by atoms with Crippen molar-refractivity contribution in [3.8, 4) is 0 Å². The minimum atomic E-state index is 0.440. The molecule has 2 N–H and O–H groups in total. The maximum absolute atomic E-state index is 6.23. The fraction of sp³-hybridized carbons (Fsp3) is 0.786. The summed E-state index contributed by atoms with van der Waals surface area (Å²) in [5.41, 5.74) is 7.31. The molecule has 0 aliphatic carbocycles. The van der Waals surface area contributed by atoms with E-state index in [4.69, 9.17) is 10.7 Å². The van der Waals surface area contributed by atoms with Crippen LogP contribution in [-0.2, 0) is 13.0 Å². The molecule has 0 unspecified atom stereocenters. The smallest absolute Gasteiger partial charge is 0.126 e. The SMILES string of the molecule is CCCCn1c(C(C)C)nc(CC(C)C)c1N. The second-order valence-corrected chi connectivity index (χ2v) is 5.56. The van der Waals surface area contributed by atoms with Crippen molar-refractivity contribution in [2.24, 2.45) is 5.92 Å². The number of rotatable bonds is 6. The lowest BCUT2D eigenvalue weighted by atomic mass is 10.1. The van der Waals surface area contributed by atoms with Crippen LogP contribution >= 0.6 is 0 Å². The molecule has 17 heavy (non-hydrogen) atoms. The van der Waals surface area contributed by atoms with Gasteiger partial charge in [0, 0.05) is 12.5 Å². The number of nitrogens with zero attached hydrogens (tertiary/aromatic N) is 2. The van der Waals surface area contributed by atoms with E-state index in [1.54, 1.807) is 0 Å². The molecule has 0 spiro atoms. The Bertz CT molecular complexity index is 351. The molecule has 1 aromatic heterocycles. The zero-order chi connectivity index (χ0) is 13.0. The van der Waals surface area contributed by atoms with E-state index in [9.17, 15) is 0 Å². The van der Waals surface area contributed by atoms with Crippen LogP contribution in [0.15, 0.2) is 0 Å². The number of nitrogen functional groups attached to an aromatic ring is 1. The number of hydrogen-bond acceptors (Lipinski definition) is 2. The highest BCUT2D eigenvalue weighted by molar-refractivity contribution is 5.39. The number of nitrogens with two attached hydrogens (primary N) is 1. The maximum Gasteiger partial charge on any atom is 0.126 e. The fourth-order valence-corrected chi connectivity index (χ4v) is 2.06. The summed E-state index contributed by atoms with van der Waals surface area (Å²) in [6.07, 6.45) is 3.33. The van der Waals surface area contributed by atoms with Crippen LogP contribution in [0.5, 0.6) is 0 Å². The summed E-state index contributed by atoms with van der Waals surface area (Å²) in [4.78, 5) is 4.74. The largest absolute Gasteiger partial charge is 0.384 e. The maximum atomic E-state index is 6.23. The summed E-state index contributed by atoms with van der Waals surface area (Å²) < 4.78 is 2.21. The van der Waals surface area contributed by atoms with Gasteiger partial charge in [0.15, 0.2) is 0 Å². The molecule has 3 heteroatoms. The number of hydrogen-bond donors (Lipinski definition) is 1. The van der Waals surface area contributed by atoms with E-state index in [-0.39, 0.29) is 0 Å². The molecule has 0 bridgehead atoms. The molecule has 0 atom stereocenters. The van der Waals surface area contributed by atoms with Crippen molar-refractivity contribution in [2.45, 2.75) is 66.3 Å². The Balaban J connectivity index is 3.02. The van der Waals surface area contributed by atoms with Gasteiger partial charge in [-0.2, -0.15) is 0 Å². The van der Waals surface area contributed by atoms with Gasteiger partial charge in [-0.25, -0.2) is 4.98 Å². The normalized spacial score (nSPS) is 11.7. The van der Waals surface area contributed by atoms with Crippen molar-refractivity contribution < 1.29 is 0 Å². The molecule has 0 aliphatic rings. The van der Waals surface area contributed by atoms with Gasteiger partial charge in [-0.3, -0.25) is 0 Å². The Labute approximate surface area is 105 Å². The molecule has 0 saturated heterocycles. The molecule has 0 amide bonds. The van der Waals surface area contributed by atoms with E-state index in [1.165, 1.54) is 12.8 Å². The van der Waals surface area contributed by atoms with Crippen LogP contribution in [0, 0.1) is 5.92 Å². The minimum absolute atomic E-state index is 0.440. The first-order chi connectivity index (χ1) is 7.97. The van der Waals surface area contributed by atoms with Gasteiger partial charge in [-0.1, -0.05) is 41.0 Å². The third kappa shape index (κ3) is 3.48. The molecule has 0 aromatic carbocycles. The van der Waals surface area contributed by atoms with Gasteiger partial charge in [0.05, 0.1) is 5.69 Å². The molecular formula is C14H27N3. The molecule has 3 nitrogen and oxygen atoms in total. The quantitative estimate of drug-likeness (QED) is 0.821. The van der Waals surface area contributed by atoms with Crippen molar-refractivity contribution in [3.63, 3.8) is 0 Å². The summed E-state index contributed by atoms with van der Waals surface area (Å²) >= 11 is 0. The van der Waals surface area contributed by atoms with E-state index in [2.05, 4.69) is 39.2 Å². The van der Waals surface area contributed by atoms with E-state index in [0.717, 1.165) is 30.3 Å². The van der Waals surface area contributed by atoms with Crippen molar-refractivity contribution in [3.05, 3.63) is 11.5 Å². The van der Waals surface area contributed by atoms with Crippen molar-refractivity contribution >= 4 is 5.82 Å². The lowest BCUT2D eigenvalue weighted by molar-refractivity contribution is 0.588. The molecule has 98 valence electrons. The molecule has 0 fully saturated rings. The molecule has 1 aromatic rings. The number of unbranched alkanes of at least 4 members (excludes halogenated alkanes) is 1. The highest BCUT2D eigenvalue weighted by Crippen LogP contribution is 2.23. The average molecular weight is 237 g/mol. The molecule has 1 rings (SSSR count). The standard InChI is InChI=1S/C14H27N3/c1-6-7-8-17-13(15)12(9-10(2)3)16-14(17)11(4)5/h10-11H,6-9,15H2,1-5H3. The highest BCUT2D eigenvalue weighted by Gasteiger charge is 2.17. The van der Waals surface area contributed by atoms with Crippen molar-refractivity contribution in [1.29, 1.82) is 0 Å². The molecule has 0 radical (unpaired) electrons. The van der Waals surface area contributed by atoms with Gasteiger partial charge in [-0.05, 0) is 18.8 Å². The second-order valence-electron chi connectivity index (χ2n) is 5.56. The van der Waals surface area contributed by atoms with Crippen LogP contribution in [0.4, 0.5) is 5.82 Å². The van der Waals surface area contributed by atoms with Crippen molar-refractivity contribution in [1.82, 2.24) is 9.55 Å². The predicted molar refractivity (Wildman–Crippen MR) is 74.2 cm³/mol. The number of aromatic nitrogens is 2. The minimum Gasteiger partial charge on any atom is -0.384 e. The van der Waals surface area contributed by atoms with Gasteiger partial charge in [-0.15, -0.1) is 0 Å². The highest BCUT2D eigenvalue weighted by atomic mass is 15.1. The van der Waals surface area contributed by atoms with E-state index >= 15 is 0 Å². The number of anilines is 1. The molecular weight excluding hydrogens is 210 g/mol. The zero-order valence-corrected chi connectivity index (χ0v) is 12.0. The lowest BCUT2D eigenvalue weighted by Crippen LogP contribution is -2.09. The third-order valence-electron chi connectivity index (χ3n) is 2.97. The zero-order valence-electron chi connectivity index (χ0n) is 12.0. The van der Waals surface area contributed by atoms with Crippen LogP contribution in [0.1, 0.15) is 64.9 Å². The first-order valence-corrected chi connectivity index (χ1v) is 6.82. The Morgan fingerprint density at radius 1 is 1.24 bits per heavy atom. The van der Waals surface area contributed by atoms with Crippen LogP contribution < -0.4 is 5.73 Å². The summed E-state index contributed by atoms with van der Waals surface area (Å²) in [7, 11) is 0.